The van der Waals surface area contributed by atoms with Crippen LogP contribution in [-0.2, 0) is 26.2 Å². The molecule has 0 radical (unpaired) electrons. The van der Waals surface area contributed by atoms with Crippen molar-refractivity contribution in [3.63, 3.8) is 0 Å². The maximum absolute atomic E-state index is 12.7. The molecule has 0 saturated carbocycles. The van der Waals surface area contributed by atoms with Crippen LogP contribution in [0.1, 0.15) is 16.5 Å². The molecule has 21 heavy (non-hydrogen) atoms. The summed E-state index contributed by atoms with van der Waals surface area (Å²) in [7, 11) is -3.79. The van der Waals surface area contributed by atoms with E-state index in [4.69, 9.17) is 4.74 Å². The van der Waals surface area contributed by atoms with Gasteiger partial charge in [0, 0.05) is 24.5 Å². The second-order valence-electron chi connectivity index (χ2n) is 4.92. The Hall–Kier alpha value is -1.00. The molecule has 0 spiro atoms. The van der Waals surface area contributed by atoms with Crippen LogP contribution < -0.4 is 0 Å². The number of carbonyl (C=O) groups is 1. The van der Waals surface area contributed by atoms with Crippen LogP contribution in [0.2, 0.25) is 0 Å². The summed E-state index contributed by atoms with van der Waals surface area (Å²) in [5.41, 5.74) is 0.593. The van der Waals surface area contributed by atoms with E-state index in [2.05, 4.69) is 0 Å². The molecule has 1 unspecified atom stereocenters. The van der Waals surface area contributed by atoms with Crippen LogP contribution in [0.15, 0.2) is 11.4 Å². The Morgan fingerprint density at radius 2 is 2.05 bits per heavy atom. The first-order valence-electron chi connectivity index (χ1n) is 6.65. The van der Waals surface area contributed by atoms with Gasteiger partial charge in [0.15, 0.2) is 0 Å². The van der Waals surface area contributed by atoms with Crippen molar-refractivity contribution in [1.82, 2.24) is 8.61 Å². The third kappa shape index (κ3) is 2.59. The highest BCUT2D eigenvalue weighted by Crippen LogP contribution is 2.36. The Kier molecular flexibility index (Phi) is 4.02. The highest BCUT2D eigenvalue weighted by atomic mass is 32.2. The number of rotatable bonds is 3. The highest BCUT2D eigenvalue weighted by Gasteiger charge is 2.43. The molecule has 3 heterocycles. The second kappa shape index (κ2) is 5.65. The summed E-state index contributed by atoms with van der Waals surface area (Å²) in [6, 6.07) is 0.576. The molecular weight excluding hydrogens is 316 g/mol. The number of nitrogens with zero attached hydrogens (tertiary/aromatic N) is 2. The summed E-state index contributed by atoms with van der Waals surface area (Å²) in [5, 5.41) is 11.3. The minimum Gasteiger partial charge on any atom is -0.480 e. The van der Waals surface area contributed by atoms with Gasteiger partial charge in [0.1, 0.15) is 6.04 Å². The zero-order chi connectivity index (χ0) is 15.0. The van der Waals surface area contributed by atoms with E-state index in [0.29, 0.717) is 25.2 Å². The number of fused-ring (bicyclic) bond motifs is 1. The molecule has 7 nitrogen and oxygen atoms in total. The summed E-state index contributed by atoms with van der Waals surface area (Å²) >= 11 is 1.48. The van der Waals surface area contributed by atoms with Crippen molar-refractivity contribution in [3.8, 4) is 0 Å². The predicted molar refractivity (Wildman–Crippen MR) is 76.4 cm³/mol. The lowest BCUT2D eigenvalue weighted by molar-refractivity contribution is -0.142. The van der Waals surface area contributed by atoms with Gasteiger partial charge in [-0.05, 0) is 23.4 Å². The summed E-state index contributed by atoms with van der Waals surface area (Å²) < 4.78 is 33.0. The molecule has 116 valence electrons. The maximum atomic E-state index is 12.7. The van der Waals surface area contributed by atoms with E-state index in [1.807, 2.05) is 5.38 Å². The molecule has 9 heteroatoms. The Labute approximate surface area is 126 Å². The van der Waals surface area contributed by atoms with Crippen molar-refractivity contribution in [2.75, 3.05) is 32.8 Å². The van der Waals surface area contributed by atoms with Crippen molar-refractivity contribution >= 4 is 27.5 Å². The van der Waals surface area contributed by atoms with Crippen LogP contribution in [0.3, 0.4) is 0 Å². The first-order chi connectivity index (χ1) is 10.0. The van der Waals surface area contributed by atoms with Crippen LogP contribution >= 0.6 is 11.3 Å². The van der Waals surface area contributed by atoms with E-state index < -0.39 is 22.2 Å². The van der Waals surface area contributed by atoms with Gasteiger partial charge in [-0.25, -0.2) is 0 Å². The average Bonchev–Trinajstić information content (AvgIpc) is 2.95. The molecule has 0 aliphatic carbocycles. The van der Waals surface area contributed by atoms with E-state index in [0.717, 1.165) is 9.18 Å². The van der Waals surface area contributed by atoms with Gasteiger partial charge in [0.2, 0.25) is 0 Å². The molecular formula is C12H16N2O5S2. The minimum atomic E-state index is -3.79. The number of thiophene rings is 1. The fourth-order valence-corrected chi connectivity index (χ4v) is 5.33. The van der Waals surface area contributed by atoms with Gasteiger partial charge in [-0.1, -0.05) is 0 Å². The summed E-state index contributed by atoms with van der Waals surface area (Å²) in [6.45, 7) is 1.41. The Morgan fingerprint density at radius 3 is 2.71 bits per heavy atom. The third-order valence-electron chi connectivity index (χ3n) is 3.75. The van der Waals surface area contributed by atoms with Gasteiger partial charge < -0.3 is 9.84 Å². The van der Waals surface area contributed by atoms with Crippen LogP contribution in [0, 0.1) is 0 Å². The number of carboxylic acid groups (broad SMARTS) is 1. The molecule has 1 atom stereocenters. The topological polar surface area (TPSA) is 87.2 Å². The van der Waals surface area contributed by atoms with Crippen LogP contribution in [-0.4, -0.2) is 61.0 Å². The zero-order valence-electron chi connectivity index (χ0n) is 11.3. The first-order valence-corrected chi connectivity index (χ1v) is 8.93. The summed E-state index contributed by atoms with van der Waals surface area (Å²) in [6.07, 6.45) is 0.556. The number of hydrogen-bond donors (Lipinski definition) is 1. The van der Waals surface area contributed by atoms with E-state index in [-0.39, 0.29) is 19.6 Å². The zero-order valence-corrected chi connectivity index (χ0v) is 12.9. The molecule has 1 aromatic heterocycles. The number of ether oxygens (including phenoxy) is 1. The predicted octanol–water partition coefficient (Wildman–Crippen LogP) is 0.309. The fourth-order valence-electron chi connectivity index (χ4n) is 2.72. The molecule has 2 aliphatic heterocycles. The number of hydrogen-bond acceptors (Lipinski definition) is 5. The van der Waals surface area contributed by atoms with Crippen LogP contribution in [0.25, 0.3) is 0 Å². The smallest absolute Gasteiger partial charge is 0.326 e. The lowest BCUT2D eigenvalue weighted by Crippen LogP contribution is -2.52. The molecule has 0 aromatic carbocycles. The number of morpholine rings is 1. The van der Waals surface area contributed by atoms with E-state index in [9.17, 15) is 18.3 Å². The molecule has 1 saturated heterocycles. The van der Waals surface area contributed by atoms with Crippen molar-refractivity contribution < 1.29 is 23.1 Å². The lowest BCUT2D eigenvalue weighted by Gasteiger charge is -2.37. The van der Waals surface area contributed by atoms with Gasteiger partial charge in [-0.15, -0.1) is 11.3 Å². The molecule has 3 rings (SSSR count). The normalized spacial score (nSPS) is 24.7. The van der Waals surface area contributed by atoms with Gasteiger partial charge in [-0.2, -0.15) is 17.0 Å². The van der Waals surface area contributed by atoms with Crippen LogP contribution in [0.4, 0.5) is 0 Å². The van der Waals surface area contributed by atoms with E-state index >= 15 is 0 Å². The number of carboxylic acids is 1. The maximum Gasteiger partial charge on any atom is 0.326 e. The fraction of sp³-hybridized carbons (Fsp3) is 0.583. The van der Waals surface area contributed by atoms with Crippen molar-refractivity contribution in [2.24, 2.45) is 0 Å². The van der Waals surface area contributed by atoms with Crippen LogP contribution in [0.5, 0.6) is 0 Å². The van der Waals surface area contributed by atoms with Crippen molar-refractivity contribution in [1.29, 1.82) is 0 Å². The van der Waals surface area contributed by atoms with Crippen molar-refractivity contribution in [2.45, 2.75) is 12.5 Å². The minimum absolute atomic E-state index is 0.199. The first kappa shape index (κ1) is 14.9. The highest BCUT2D eigenvalue weighted by molar-refractivity contribution is 7.86. The second-order valence-corrected chi connectivity index (χ2v) is 7.80. The van der Waals surface area contributed by atoms with Gasteiger partial charge >= 0.3 is 5.97 Å². The molecule has 2 aliphatic rings. The molecule has 1 aromatic rings. The summed E-state index contributed by atoms with van der Waals surface area (Å²) in [4.78, 5) is 12.6. The Balaban J connectivity index is 1.95. The van der Waals surface area contributed by atoms with Crippen molar-refractivity contribution in [3.05, 3.63) is 21.9 Å². The molecule has 1 fully saturated rings. The van der Waals surface area contributed by atoms with Gasteiger partial charge in [0.25, 0.3) is 10.2 Å². The standard InChI is InChI=1S/C12H16N2O5S2/c15-12(16)11-9-2-8-20-10(9)1-3-14(11)21(17,18)13-4-6-19-7-5-13/h2,8,11H,1,3-7H2,(H,15,16). The van der Waals surface area contributed by atoms with Gasteiger partial charge in [-0.3, -0.25) is 4.79 Å². The molecule has 1 N–H and O–H groups in total. The average molecular weight is 332 g/mol. The third-order valence-corrected chi connectivity index (χ3v) is 6.75. The Morgan fingerprint density at radius 1 is 1.33 bits per heavy atom. The van der Waals surface area contributed by atoms with Gasteiger partial charge in [0.05, 0.1) is 13.2 Å². The quantitative estimate of drug-likeness (QED) is 0.861. The summed E-state index contributed by atoms with van der Waals surface area (Å²) in [5.74, 6) is -1.13. The number of aliphatic carboxylic acids is 1. The monoisotopic (exact) mass is 332 g/mol. The molecule has 0 bridgehead atoms. The largest absolute Gasteiger partial charge is 0.480 e. The molecule has 0 amide bonds. The van der Waals surface area contributed by atoms with E-state index in [1.165, 1.54) is 15.6 Å². The lowest BCUT2D eigenvalue weighted by atomic mass is 10.0. The SMILES string of the molecule is O=C(O)C1c2ccsc2CCN1S(=O)(=O)N1CCOCC1. The van der Waals surface area contributed by atoms with E-state index in [1.54, 1.807) is 6.07 Å². The Bertz CT molecular complexity index is 636.